The second kappa shape index (κ2) is 8.23. The fourth-order valence-electron chi connectivity index (χ4n) is 2.55. The van der Waals surface area contributed by atoms with Crippen molar-refractivity contribution in [2.24, 2.45) is 0 Å². The summed E-state index contributed by atoms with van der Waals surface area (Å²) in [6.45, 7) is 1.68. The minimum absolute atomic E-state index is 0.0400. The van der Waals surface area contributed by atoms with Gasteiger partial charge in [0.25, 0.3) is 11.8 Å². The van der Waals surface area contributed by atoms with Crippen LogP contribution in [0.2, 0.25) is 0 Å². The van der Waals surface area contributed by atoms with Crippen LogP contribution in [0.5, 0.6) is 0 Å². The number of thiophene rings is 1. The Morgan fingerprint density at radius 3 is 2.72 bits per heavy atom. The number of rotatable bonds is 7. The van der Waals surface area contributed by atoms with Crippen LogP contribution in [0.3, 0.4) is 0 Å². The van der Waals surface area contributed by atoms with Gasteiger partial charge in [0.2, 0.25) is 5.89 Å². The third kappa shape index (κ3) is 4.32. The van der Waals surface area contributed by atoms with Gasteiger partial charge in [-0.2, -0.15) is 4.68 Å². The standard InChI is InChI=1S/C19H16N4O5S/c1-12(16-20-21-17(27-16)13-6-3-2-4-7-13)26-15(24)9-10-23-19(25)28-18(22-23)14-8-5-11-29-14/h2-8,11-12H,9-10H2,1H3. The molecule has 10 heteroatoms. The van der Waals surface area contributed by atoms with Gasteiger partial charge in [-0.15, -0.1) is 26.6 Å². The van der Waals surface area contributed by atoms with E-state index in [9.17, 15) is 9.59 Å². The van der Waals surface area contributed by atoms with Gasteiger partial charge in [-0.05, 0) is 30.5 Å². The van der Waals surface area contributed by atoms with Crippen LogP contribution in [0.1, 0.15) is 25.3 Å². The van der Waals surface area contributed by atoms with Crippen molar-refractivity contribution in [2.75, 3.05) is 0 Å². The van der Waals surface area contributed by atoms with E-state index in [-0.39, 0.29) is 24.7 Å². The van der Waals surface area contributed by atoms with Gasteiger partial charge in [0, 0.05) is 5.56 Å². The van der Waals surface area contributed by atoms with Crippen LogP contribution in [-0.2, 0) is 16.1 Å². The van der Waals surface area contributed by atoms with Gasteiger partial charge in [-0.25, -0.2) is 4.79 Å². The highest BCUT2D eigenvalue weighted by molar-refractivity contribution is 7.13. The maximum Gasteiger partial charge on any atom is 0.437 e. The molecule has 0 amide bonds. The smallest absolute Gasteiger partial charge is 0.437 e. The van der Waals surface area contributed by atoms with Crippen molar-refractivity contribution in [2.45, 2.75) is 26.0 Å². The van der Waals surface area contributed by atoms with Gasteiger partial charge in [0.05, 0.1) is 17.8 Å². The Morgan fingerprint density at radius 2 is 1.97 bits per heavy atom. The van der Waals surface area contributed by atoms with Crippen LogP contribution >= 0.6 is 11.3 Å². The number of ether oxygens (including phenoxy) is 1. The highest BCUT2D eigenvalue weighted by atomic mass is 32.1. The van der Waals surface area contributed by atoms with Crippen LogP contribution < -0.4 is 5.76 Å². The molecule has 0 N–H and O–H groups in total. The van der Waals surface area contributed by atoms with E-state index in [4.69, 9.17) is 13.6 Å². The molecule has 1 unspecified atom stereocenters. The zero-order valence-corrected chi connectivity index (χ0v) is 16.2. The first kappa shape index (κ1) is 18.8. The zero-order valence-electron chi connectivity index (χ0n) is 15.3. The number of hydrogen-bond acceptors (Lipinski definition) is 9. The molecule has 0 aliphatic carbocycles. The lowest BCUT2D eigenvalue weighted by Crippen LogP contribution is -2.19. The second-order valence-electron chi connectivity index (χ2n) is 6.07. The van der Waals surface area contributed by atoms with Crippen LogP contribution in [-0.4, -0.2) is 25.9 Å². The number of esters is 1. The molecular formula is C19H16N4O5S. The van der Waals surface area contributed by atoms with E-state index in [2.05, 4.69) is 15.3 Å². The molecule has 0 saturated carbocycles. The fourth-order valence-corrected chi connectivity index (χ4v) is 3.19. The molecule has 0 fully saturated rings. The maximum atomic E-state index is 12.1. The van der Waals surface area contributed by atoms with Crippen molar-refractivity contribution in [3.05, 3.63) is 64.3 Å². The number of aromatic nitrogens is 4. The number of carbonyl (C=O) groups is 1. The van der Waals surface area contributed by atoms with Crippen molar-refractivity contribution >= 4 is 17.3 Å². The molecule has 1 aromatic carbocycles. The molecule has 0 aliphatic heterocycles. The first-order valence-corrected chi connectivity index (χ1v) is 9.68. The lowest BCUT2D eigenvalue weighted by Gasteiger charge is -2.08. The van der Waals surface area contributed by atoms with E-state index in [1.54, 1.807) is 13.0 Å². The third-order valence-electron chi connectivity index (χ3n) is 3.98. The van der Waals surface area contributed by atoms with E-state index in [1.165, 1.54) is 11.3 Å². The number of hydrogen-bond donors (Lipinski definition) is 0. The minimum Gasteiger partial charge on any atom is -0.453 e. The van der Waals surface area contributed by atoms with Gasteiger partial charge in [0.1, 0.15) is 0 Å². The summed E-state index contributed by atoms with van der Waals surface area (Å²) in [6, 6.07) is 12.9. The van der Waals surface area contributed by atoms with E-state index in [1.807, 2.05) is 41.8 Å². The topological polar surface area (TPSA) is 113 Å². The normalized spacial score (nSPS) is 12.0. The van der Waals surface area contributed by atoms with Gasteiger partial charge < -0.3 is 13.6 Å². The van der Waals surface area contributed by atoms with E-state index < -0.39 is 17.8 Å². The van der Waals surface area contributed by atoms with Crippen LogP contribution in [0, 0.1) is 0 Å². The maximum absolute atomic E-state index is 12.1. The van der Waals surface area contributed by atoms with Crippen molar-refractivity contribution < 1.29 is 18.4 Å². The highest BCUT2D eigenvalue weighted by Crippen LogP contribution is 2.23. The fraction of sp³-hybridized carbons (Fsp3) is 0.211. The SMILES string of the molecule is CC(OC(=O)CCn1nc(-c2cccs2)oc1=O)c1nnc(-c2ccccc2)o1. The summed E-state index contributed by atoms with van der Waals surface area (Å²) in [5.41, 5.74) is 0.775. The molecule has 0 aliphatic rings. The molecule has 0 radical (unpaired) electrons. The van der Waals surface area contributed by atoms with Gasteiger partial charge in [0.15, 0.2) is 6.10 Å². The van der Waals surface area contributed by atoms with Crippen LogP contribution in [0.4, 0.5) is 0 Å². The van der Waals surface area contributed by atoms with Gasteiger partial charge in [-0.1, -0.05) is 24.3 Å². The molecule has 9 nitrogen and oxygen atoms in total. The second-order valence-corrected chi connectivity index (χ2v) is 7.01. The lowest BCUT2D eigenvalue weighted by molar-refractivity contribution is -0.150. The van der Waals surface area contributed by atoms with Crippen molar-refractivity contribution in [1.29, 1.82) is 0 Å². The number of benzene rings is 1. The first-order chi connectivity index (χ1) is 14.1. The summed E-state index contributed by atoms with van der Waals surface area (Å²) >= 11 is 1.41. The van der Waals surface area contributed by atoms with E-state index in [0.717, 1.165) is 15.1 Å². The third-order valence-corrected chi connectivity index (χ3v) is 4.84. The van der Waals surface area contributed by atoms with Gasteiger partial charge in [-0.3, -0.25) is 4.79 Å². The molecule has 4 rings (SSSR count). The minimum atomic E-state index is -0.719. The lowest BCUT2D eigenvalue weighted by atomic mass is 10.2. The first-order valence-electron chi connectivity index (χ1n) is 8.80. The molecular weight excluding hydrogens is 396 g/mol. The van der Waals surface area contributed by atoms with Crippen molar-refractivity contribution in [3.8, 4) is 22.2 Å². The Hall–Kier alpha value is -3.53. The molecule has 3 heterocycles. The summed E-state index contributed by atoms with van der Waals surface area (Å²) in [5.74, 6) is -0.385. The highest BCUT2D eigenvalue weighted by Gasteiger charge is 2.20. The number of aryl methyl sites for hydroxylation is 1. The van der Waals surface area contributed by atoms with Crippen molar-refractivity contribution in [3.63, 3.8) is 0 Å². The summed E-state index contributed by atoms with van der Waals surface area (Å²) in [6.07, 6.45) is -0.775. The molecule has 3 aromatic heterocycles. The summed E-state index contributed by atoms with van der Waals surface area (Å²) in [4.78, 5) is 24.8. The molecule has 0 saturated heterocycles. The molecule has 0 spiro atoms. The average Bonchev–Trinajstić information content (AvgIpc) is 3.48. The Kier molecular flexibility index (Phi) is 5.34. The Bertz CT molecular complexity index is 1150. The Labute approximate surface area is 168 Å². The van der Waals surface area contributed by atoms with Crippen LogP contribution in [0.25, 0.3) is 22.2 Å². The summed E-state index contributed by atoms with van der Waals surface area (Å²) in [5, 5.41) is 13.9. The Morgan fingerprint density at radius 1 is 1.14 bits per heavy atom. The zero-order chi connectivity index (χ0) is 20.2. The molecule has 29 heavy (non-hydrogen) atoms. The quantitative estimate of drug-likeness (QED) is 0.425. The predicted molar refractivity (Wildman–Crippen MR) is 103 cm³/mol. The Balaban J connectivity index is 1.34. The predicted octanol–water partition coefficient (Wildman–Crippen LogP) is 3.31. The number of nitrogens with zero attached hydrogens (tertiary/aromatic N) is 4. The van der Waals surface area contributed by atoms with Crippen molar-refractivity contribution in [1.82, 2.24) is 20.0 Å². The summed E-state index contributed by atoms with van der Waals surface area (Å²) < 4.78 is 17.1. The number of carbonyl (C=O) groups excluding carboxylic acids is 1. The molecule has 0 bridgehead atoms. The molecule has 1 atom stereocenters. The molecule has 4 aromatic rings. The summed E-state index contributed by atoms with van der Waals surface area (Å²) in [7, 11) is 0. The van der Waals surface area contributed by atoms with Gasteiger partial charge >= 0.3 is 11.7 Å². The van der Waals surface area contributed by atoms with E-state index in [0.29, 0.717) is 5.89 Å². The molecule has 148 valence electrons. The average molecular weight is 412 g/mol. The monoisotopic (exact) mass is 412 g/mol. The van der Waals surface area contributed by atoms with E-state index >= 15 is 0 Å². The van der Waals surface area contributed by atoms with Crippen LogP contribution in [0.15, 0.2) is 61.5 Å². The largest absolute Gasteiger partial charge is 0.453 e.